The number of aliphatic hydroxyl groups is 1. The van der Waals surface area contributed by atoms with E-state index in [0.29, 0.717) is 29.9 Å². The molecule has 3 aliphatic rings. The Morgan fingerprint density at radius 3 is 2.38 bits per heavy atom. The van der Waals surface area contributed by atoms with Gasteiger partial charge >= 0.3 is 0 Å². The second-order valence-electron chi connectivity index (χ2n) is 11.6. The first-order valence-corrected chi connectivity index (χ1v) is 16.6. The topological polar surface area (TPSA) is 142 Å². The molecule has 2 aromatic rings. The Morgan fingerprint density at radius 1 is 1.02 bits per heavy atom. The molecular formula is C29H46N8O2S. The lowest BCUT2D eigenvalue weighted by Crippen LogP contribution is -2.49. The van der Waals surface area contributed by atoms with Crippen molar-refractivity contribution < 1.29 is 9.32 Å². The van der Waals surface area contributed by atoms with Gasteiger partial charge in [0, 0.05) is 37.7 Å². The molecule has 0 spiro atoms. The lowest BCUT2D eigenvalue weighted by Gasteiger charge is -2.42. The number of piperidine rings is 1. The van der Waals surface area contributed by atoms with Crippen molar-refractivity contribution in [2.75, 3.05) is 54.1 Å². The fourth-order valence-electron chi connectivity index (χ4n) is 5.95. The van der Waals surface area contributed by atoms with Gasteiger partial charge in [0.1, 0.15) is 16.5 Å². The number of nitrogens with two attached hydrogens (primary N) is 1. The van der Waals surface area contributed by atoms with E-state index in [0.717, 1.165) is 93.2 Å². The van der Waals surface area contributed by atoms with Gasteiger partial charge in [0.2, 0.25) is 5.95 Å². The Bertz CT molecular complexity index is 1110. The molecule has 0 amide bonds. The zero-order chi connectivity index (χ0) is 27.8. The molecule has 0 bridgehead atoms. The van der Waals surface area contributed by atoms with Crippen LogP contribution in [0.1, 0.15) is 94.5 Å². The molecule has 5 rings (SSSR count). The van der Waals surface area contributed by atoms with Crippen LogP contribution in [0.2, 0.25) is 0 Å². The minimum atomic E-state index is -1.09. The lowest BCUT2D eigenvalue weighted by molar-refractivity contribution is 0.143. The van der Waals surface area contributed by atoms with Gasteiger partial charge in [-0.2, -0.15) is 4.98 Å². The fourth-order valence-corrected chi connectivity index (χ4v) is 7.26. The first-order valence-electron chi connectivity index (χ1n) is 15.3. The quantitative estimate of drug-likeness (QED) is 0.234. The molecule has 2 aromatic heterocycles. The summed E-state index contributed by atoms with van der Waals surface area (Å²) in [5.74, 6) is 3.17. The zero-order valence-electron chi connectivity index (χ0n) is 23.7. The number of anilines is 3. The van der Waals surface area contributed by atoms with E-state index in [1.165, 1.54) is 32.1 Å². The summed E-state index contributed by atoms with van der Waals surface area (Å²) in [4.78, 5) is 22.0. The van der Waals surface area contributed by atoms with Gasteiger partial charge in [-0.15, -0.1) is 0 Å². The molecular weight excluding hydrogens is 524 g/mol. The highest BCUT2D eigenvalue weighted by atomic mass is 32.2. The number of rotatable bonds is 15. The molecule has 10 nitrogen and oxygen atoms in total. The van der Waals surface area contributed by atoms with Crippen molar-refractivity contribution in [1.29, 1.82) is 0 Å². The molecule has 0 aromatic carbocycles. The summed E-state index contributed by atoms with van der Waals surface area (Å²) < 4.78 is 12.7. The van der Waals surface area contributed by atoms with E-state index in [4.69, 9.17) is 25.7 Å². The minimum Gasteiger partial charge on any atom is -0.394 e. The average molecular weight is 571 g/mol. The number of aliphatic hydroxyl groups excluding tert-OH is 1. The van der Waals surface area contributed by atoms with Crippen molar-refractivity contribution in [3.05, 3.63) is 23.9 Å². The predicted molar refractivity (Wildman–Crippen MR) is 160 cm³/mol. The van der Waals surface area contributed by atoms with Gasteiger partial charge in [0.25, 0.3) is 0 Å². The highest BCUT2D eigenvalue weighted by Crippen LogP contribution is 2.39. The van der Waals surface area contributed by atoms with Crippen molar-refractivity contribution in [2.45, 2.75) is 99.8 Å². The molecule has 2 aliphatic heterocycles. The van der Waals surface area contributed by atoms with Gasteiger partial charge in [-0.3, -0.25) is 4.21 Å². The molecule has 0 unspecified atom stereocenters. The first kappa shape index (κ1) is 29.1. The van der Waals surface area contributed by atoms with Crippen LogP contribution in [0, 0.1) is 0 Å². The number of aromatic nitrogens is 4. The predicted octanol–water partition coefficient (Wildman–Crippen LogP) is 3.74. The number of nitrogens with one attached hydrogen (secondary N) is 2. The largest absolute Gasteiger partial charge is 0.394 e. The van der Waals surface area contributed by atoms with Crippen molar-refractivity contribution in [2.24, 2.45) is 5.73 Å². The van der Waals surface area contributed by atoms with Crippen LogP contribution in [0.25, 0.3) is 0 Å². The number of hydrogen-bond acceptors (Lipinski definition) is 10. The van der Waals surface area contributed by atoms with E-state index in [9.17, 15) is 9.32 Å². The Hall–Kier alpha value is -2.37. The van der Waals surface area contributed by atoms with Crippen molar-refractivity contribution in [1.82, 2.24) is 19.9 Å². The maximum Gasteiger partial charge on any atom is 0.227 e. The van der Waals surface area contributed by atoms with Crippen molar-refractivity contribution >= 4 is 28.3 Å². The van der Waals surface area contributed by atoms with Gasteiger partial charge in [-0.25, -0.2) is 15.0 Å². The Morgan fingerprint density at radius 2 is 1.73 bits per heavy atom. The average Bonchev–Trinajstić information content (AvgIpc) is 3.35. The second kappa shape index (κ2) is 14.0. The first-order chi connectivity index (χ1) is 19.6. The van der Waals surface area contributed by atoms with E-state index < -0.39 is 10.8 Å². The summed E-state index contributed by atoms with van der Waals surface area (Å²) in [7, 11) is -1.09. The number of nitrogens with zero attached hydrogens (tertiary/aromatic N) is 5. The van der Waals surface area contributed by atoms with Crippen LogP contribution < -0.4 is 21.3 Å². The van der Waals surface area contributed by atoms with Crippen LogP contribution in [-0.2, 0) is 17.2 Å². The smallest absolute Gasteiger partial charge is 0.227 e. The molecule has 4 heterocycles. The number of fused-ring (bicyclic) bond motifs is 1. The van der Waals surface area contributed by atoms with E-state index in [1.807, 2.05) is 12.4 Å². The minimum absolute atomic E-state index is 0.0589. The zero-order valence-corrected chi connectivity index (χ0v) is 24.6. The Kier molecular flexibility index (Phi) is 10.2. The SMILES string of the molecule is NCCCCCCCCCNc1cnc(C2CCN(c3nc4c(c(NC5(CO)CCC5)n3)[S@](=O)CC4)CC2)nc1. The maximum absolute atomic E-state index is 12.7. The Balaban J connectivity index is 1.10. The molecule has 1 aliphatic carbocycles. The summed E-state index contributed by atoms with van der Waals surface area (Å²) >= 11 is 0. The maximum atomic E-state index is 12.7. The molecule has 0 radical (unpaired) electrons. The van der Waals surface area contributed by atoms with Gasteiger partial charge in [0.15, 0.2) is 0 Å². The lowest BCUT2D eigenvalue weighted by atomic mass is 9.77. The standard InChI is InChI=1S/C29H46N8O2S/c30-14-6-4-2-1-3-5-7-15-31-23-19-32-26(33-20-23)22-9-16-37(17-10-22)28-34-24-11-18-40(39)25(24)27(35-28)36-29(21-38)12-8-13-29/h19-20,22,31,38H,1-18,21,30H2,(H,34,35,36)/t40-/m1/s1. The van der Waals surface area contributed by atoms with Gasteiger partial charge in [-0.1, -0.05) is 32.1 Å². The van der Waals surface area contributed by atoms with Gasteiger partial charge in [0.05, 0.1) is 46.7 Å². The number of hydrogen-bond donors (Lipinski definition) is 4. The molecule has 1 atom stereocenters. The van der Waals surface area contributed by atoms with Crippen molar-refractivity contribution in [3.8, 4) is 0 Å². The third-order valence-electron chi connectivity index (χ3n) is 8.70. The molecule has 5 N–H and O–H groups in total. The molecule has 1 saturated heterocycles. The molecule has 40 heavy (non-hydrogen) atoms. The van der Waals surface area contributed by atoms with Crippen LogP contribution in [0.5, 0.6) is 0 Å². The van der Waals surface area contributed by atoms with Crippen LogP contribution in [-0.4, -0.2) is 73.3 Å². The summed E-state index contributed by atoms with van der Waals surface area (Å²) in [5, 5.41) is 16.9. The number of unbranched alkanes of at least 4 members (excludes halogenated alkanes) is 6. The summed E-state index contributed by atoms with van der Waals surface area (Å²) in [6, 6.07) is 0. The third kappa shape index (κ3) is 7.09. The van der Waals surface area contributed by atoms with Gasteiger partial charge < -0.3 is 26.4 Å². The highest BCUT2D eigenvalue weighted by Gasteiger charge is 2.39. The van der Waals surface area contributed by atoms with E-state index in [-0.39, 0.29) is 12.1 Å². The van der Waals surface area contributed by atoms with E-state index in [2.05, 4.69) is 15.5 Å². The van der Waals surface area contributed by atoms with E-state index in [1.54, 1.807) is 0 Å². The fraction of sp³-hybridized carbons (Fsp3) is 0.724. The summed E-state index contributed by atoms with van der Waals surface area (Å²) in [5.41, 5.74) is 7.07. The number of aryl methyl sites for hydroxylation is 1. The van der Waals surface area contributed by atoms with Crippen molar-refractivity contribution in [3.63, 3.8) is 0 Å². The van der Waals surface area contributed by atoms with Gasteiger partial charge in [-0.05, 0) is 51.5 Å². The van der Waals surface area contributed by atoms with E-state index >= 15 is 0 Å². The molecule has 220 valence electrons. The monoisotopic (exact) mass is 570 g/mol. The molecule has 1 saturated carbocycles. The third-order valence-corrected chi connectivity index (χ3v) is 10.2. The van der Waals surface area contributed by atoms with Crippen LogP contribution >= 0.6 is 0 Å². The normalized spacial score (nSPS) is 20.2. The highest BCUT2D eigenvalue weighted by molar-refractivity contribution is 7.85. The summed E-state index contributed by atoms with van der Waals surface area (Å²) in [6.45, 7) is 3.47. The second-order valence-corrected chi connectivity index (χ2v) is 13.2. The van der Waals surface area contributed by atoms with Crippen LogP contribution in [0.15, 0.2) is 17.3 Å². The van der Waals surface area contributed by atoms with Crippen LogP contribution in [0.4, 0.5) is 17.5 Å². The van der Waals surface area contributed by atoms with Crippen LogP contribution in [0.3, 0.4) is 0 Å². The summed E-state index contributed by atoms with van der Waals surface area (Å²) in [6.07, 6.45) is 18.0. The molecule has 11 heteroatoms. The Labute approximate surface area is 240 Å². The molecule has 2 fully saturated rings.